The summed E-state index contributed by atoms with van der Waals surface area (Å²) in [6.07, 6.45) is 3.47. The van der Waals surface area contributed by atoms with Gasteiger partial charge in [-0.05, 0) is 49.4 Å². The Morgan fingerprint density at radius 1 is 1.32 bits per heavy atom. The first kappa shape index (κ1) is 17.2. The molecule has 0 aliphatic carbocycles. The molecule has 0 spiro atoms. The van der Waals surface area contributed by atoms with Gasteiger partial charge in [0.15, 0.2) is 0 Å². The first-order valence-corrected chi connectivity index (χ1v) is 9.04. The Morgan fingerprint density at radius 2 is 2.16 bits per heavy atom. The van der Waals surface area contributed by atoms with Gasteiger partial charge in [0.2, 0.25) is 0 Å². The van der Waals surface area contributed by atoms with Crippen LogP contribution in [0, 0.1) is 13.8 Å². The van der Waals surface area contributed by atoms with Crippen LogP contribution in [0.4, 0.5) is 5.69 Å². The highest BCUT2D eigenvalue weighted by molar-refractivity contribution is 7.12. The Bertz CT molecular complexity index is 882. The lowest BCUT2D eigenvalue weighted by Crippen LogP contribution is -2.09. The fraction of sp³-hybridized carbons (Fsp3) is 0.263. The average Bonchev–Trinajstić information content (AvgIpc) is 3.25. The van der Waals surface area contributed by atoms with Crippen molar-refractivity contribution in [3.63, 3.8) is 0 Å². The van der Waals surface area contributed by atoms with Gasteiger partial charge in [-0.3, -0.25) is 9.48 Å². The number of aromatic nitrogens is 2. The summed E-state index contributed by atoms with van der Waals surface area (Å²) in [5, 5.41) is 8.97. The molecule has 0 aliphatic rings. The number of carbonyl (C=O) groups excluding carboxylic acids is 1. The maximum Gasteiger partial charge on any atom is 0.265 e. The Balaban J connectivity index is 1.61. The van der Waals surface area contributed by atoms with Crippen LogP contribution in [0.25, 0.3) is 0 Å². The fourth-order valence-corrected chi connectivity index (χ4v) is 3.18. The lowest BCUT2D eigenvalue weighted by molar-refractivity contribution is 0.103. The zero-order chi connectivity index (χ0) is 17.8. The maximum atomic E-state index is 12.3. The number of carbonyl (C=O) groups is 1. The van der Waals surface area contributed by atoms with Gasteiger partial charge in [-0.25, -0.2) is 0 Å². The fourth-order valence-electron chi connectivity index (χ4n) is 2.39. The number of nitrogens with zero attached hydrogens (tertiary/aromatic N) is 2. The molecule has 0 atom stereocenters. The molecule has 0 fully saturated rings. The van der Waals surface area contributed by atoms with Gasteiger partial charge in [0.1, 0.15) is 12.4 Å². The molecular formula is C19H21N3O2S. The van der Waals surface area contributed by atoms with Crippen LogP contribution in [0.3, 0.4) is 0 Å². The highest BCUT2D eigenvalue weighted by Gasteiger charge is 2.11. The molecule has 6 heteroatoms. The number of hydrogen-bond donors (Lipinski definition) is 1. The highest BCUT2D eigenvalue weighted by atomic mass is 32.1. The van der Waals surface area contributed by atoms with E-state index in [0.29, 0.717) is 17.2 Å². The van der Waals surface area contributed by atoms with Crippen molar-refractivity contribution in [3.8, 4) is 5.75 Å². The van der Waals surface area contributed by atoms with Crippen LogP contribution >= 0.6 is 11.3 Å². The first-order chi connectivity index (χ1) is 12.0. The average molecular weight is 355 g/mol. The standard InChI is InChI=1S/C19H21N3O2S/c1-4-22-10-16(9-20-22)21-19(23)18-8-15(12-25-18)11-24-17-7-13(2)5-6-14(17)3/h5-10,12H,4,11H2,1-3H3,(H,21,23). The molecule has 0 saturated carbocycles. The first-order valence-electron chi connectivity index (χ1n) is 8.16. The molecule has 5 nitrogen and oxygen atoms in total. The molecule has 3 rings (SSSR count). The topological polar surface area (TPSA) is 56.2 Å². The Kier molecular flexibility index (Phi) is 5.19. The van der Waals surface area contributed by atoms with E-state index in [1.54, 1.807) is 10.9 Å². The Labute approximate surface area is 151 Å². The lowest BCUT2D eigenvalue weighted by atomic mass is 10.1. The van der Waals surface area contributed by atoms with Crippen molar-refractivity contribution in [1.82, 2.24) is 9.78 Å². The molecule has 0 radical (unpaired) electrons. The van der Waals surface area contributed by atoms with E-state index < -0.39 is 0 Å². The van der Waals surface area contributed by atoms with Crippen molar-refractivity contribution in [2.75, 3.05) is 5.32 Å². The van der Waals surface area contributed by atoms with Crippen LogP contribution in [0.5, 0.6) is 5.75 Å². The van der Waals surface area contributed by atoms with Crippen molar-refractivity contribution in [2.24, 2.45) is 0 Å². The number of ether oxygens (including phenoxy) is 1. The number of benzene rings is 1. The van der Waals surface area contributed by atoms with Crippen LogP contribution in [0.15, 0.2) is 42.0 Å². The number of thiophene rings is 1. The summed E-state index contributed by atoms with van der Waals surface area (Å²) in [4.78, 5) is 13.0. The van der Waals surface area contributed by atoms with Crippen molar-refractivity contribution in [2.45, 2.75) is 33.9 Å². The van der Waals surface area contributed by atoms with Crippen molar-refractivity contribution in [3.05, 3.63) is 63.6 Å². The lowest BCUT2D eigenvalue weighted by Gasteiger charge is -2.08. The van der Waals surface area contributed by atoms with Crippen molar-refractivity contribution >= 4 is 22.9 Å². The molecule has 130 valence electrons. The van der Waals surface area contributed by atoms with Gasteiger partial charge >= 0.3 is 0 Å². The summed E-state index contributed by atoms with van der Waals surface area (Å²) in [6, 6.07) is 8.01. The zero-order valence-electron chi connectivity index (χ0n) is 14.6. The van der Waals surface area contributed by atoms with Gasteiger partial charge in [-0.2, -0.15) is 5.10 Å². The summed E-state index contributed by atoms with van der Waals surface area (Å²) < 4.78 is 7.67. The SMILES string of the molecule is CCn1cc(NC(=O)c2cc(COc3cc(C)ccc3C)cs2)cn1. The summed E-state index contributed by atoms with van der Waals surface area (Å²) in [6.45, 7) is 7.29. The number of nitrogens with one attached hydrogen (secondary N) is 1. The molecular weight excluding hydrogens is 334 g/mol. The molecule has 25 heavy (non-hydrogen) atoms. The van der Waals surface area contributed by atoms with E-state index in [0.717, 1.165) is 23.4 Å². The normalized spacial score (nSPS) is 10.7. The predicted octanol–water partition coefficient (Wildman–Crippen LogP) is 4.41. The molecule has 1 aromatic carbocycles. The second kappa shape index (κ2) is 7.53. The van der Waals surface area contributed by atoms with Gasteiger partial charge in [0.05, 0.1) is 16.8 Å². The molecule has 0 saturated heterocycles. The minimum Gasteiger partial charge on any atom is -0.489 e. The van der Waals surface area contributed by atoms with Crippen molar-refractivity contribution in [1.29, 1.82) is 0 Å². The third kappa shape index (κ3) is 4.28. The van der Waals surface area contributed by atoms with Gasteiger partial charge < -0.3 is 10.1 Å². The quantitative estimate of drug-likeness (QED) is 0.712. The molecule has 0 bridgehead atoms. The number of anilines is 1. The summed E-state index contributed by atoms with van der Waals surface area (Å²) in [5.41, 5.74) is 3.96. The summed E-state index contributed by atoms with van der Waals surface area (Å²) >= 11 is 1.41. The molecule has 2 heterocycles. The minimum atomic E-state index is -0.126. The Hall–Kier alpha value is -2.60. The van der Waals surface area contributed by atoms with Gasteiger partial charge in [-0.1, -0.05) is 12.1 Å². The number of aryl methyl sites for hydroxylation is 3. The maximum absolute atomic E-state index is 12.3. The van der Waals surface area contributed by atoms with E-state index >= 15 is 0 Å². The summed E-state index contributed by atoms with van der Waals surface area (Å²) in [7, 11) is 0. The second-order valence-electron chi connectivity index (χ2n) is 5.92. The number of hydrogen-bond acceptors (Lipinski definition) is 4. The van der Waals surface area contributed by atoms with Crippen molar-refractivity contribution < 1.29 is 9.53 Å². The zero-order valence-corrected chi connectivity index (χ0v) is 15.4. The highest BCUT2D eigenvalue weighted by Crippen LogP contribution is 2.22. The third-order valence-electron chi connectivity index (χ3n) is 3.83. The van der Waals surface area contributed by atoms with Gasteiger partial charge in [0, 0.05) is 18.3 Å². The molecule has 3 aromatic rings. The van der Waals surface area contributed by atoms with E-state index in [1.807, 2.05) is 50.5 Å². The second-order valence-corrected chi connectivity index (χ2v) is 6.83. The van der Waals surface area contributed by atoms with Crippen LogP contribution in [-0.2, 0) is 13.2 Å². The number of rotatable bonds is 6. The minimum absolute atomic E-state index is 0.126. The van der Waals surface area contributed by atoms with E-state index in [1.165, 1.54) is 16.9 Å². The van der Waals surface area contributed by atoms with Gasteiger partial charge in [-0.15, -0.1) is 11.3 Å². The van der Waals surface area contributed by atoms with Crippen LogP contribution in [0.2, 0.25) is 0 Å². The largest absolute Gasteiger partial charge is 0.489 e. The molecule has 1 amide bonds. The smallest absolute Gasteiger partial charge is 0.265 e. The predicted molar refractivity (Wildman–Crippen MR) is 100 cm³/mol. The van der Waals surface area contributed by atoms with Gasteiger partial charge in [0.25, 0.3) is 5.91 Å². The van der Waals surface area contributed by atoms with Crippen LogP contribution in [-0.4, -0.2) is 15.7 Å². The van der Waals surface area contributed by atoms with E-state index in [9.17, 15) is 4.79 Å². The molecule has 2 aromatic heterocycles. The van der Waals surface area contributed by atoms with Crippen LogP contribution in [0.1, 0.15) is 33.3 Å². The van der Waals surface area contributed by atoms with E-state index in [4.69, 9.17) is 4.74 Å². The molecule has 1 N–H and O–H groups in total. The summed E-state index contributed by atoms with van der Waals surface area (Å²) in [5.74, 6) is 0.753. The van der Waals surface area contributed by atoms with E-state index in [-0.39, 0.29) is 5.91 Å². The van der Waals surface area contributed by atoms with Crippen LogP contribution < -0.4 is 10.1 Å². The number of amides is 1. The molecule has 0 aliphatic heterocycles. The Morgan fingerprint density at radius 3 is 2.92 bits per heavy atom. The third-order valence-corrected chi connectivity index (χ3v) is 4.81. The molecule has 0 unspecified atom stereocenters. The van der Waals surface area contributed by atoms with E-state index in [2.05, 4.69) is 16.5 Å². The monoisotopic (exact) mass is 355 g/mol.